The summed E-state index contributed by atoms with van der Waals surface area (Å²) in [5.41, 5.74) is 5.38. The van der Waals surface area contributed by atoms with Gasteiger partial charge in [0.15, 0.2) is 11.5 Å². The van der Waals surface area contributed by atoms with E-state index in [0.29, 0.717) is 34.9 Å². The number of likely N-dealkylation sites (tertiary alicyclic amines) is 1. The highest BCUT2D eigenvalue weighted by Gasteiger charge is 2.20. The lowest BCUT2D eigenvalue weighted by molar-refractivity contribution is 0.324. The van der Waals surface area contributed by atoms with E-state index in [2.05, 4.69) is 14.5 Å². The first-order valence-electron chi connectivity index (χ1n) is 14.6. The number of aromatic nitrogens is 4. The lowest BCUT2D eigenvalue weighted by Gasteiger charge is -2.16. The predicted molar refractivity (Wildman–Crippen MR) is 165 cm³/mol. The zero-order valence-corrected chi connectivity index (χ0v) is 24.5. The van der Waals surface area contributed by atoms with Crippen LogP contribution in [-0.4, -0.2) is 65.4 Å². The van der Waals surface area contributed by atoms with Crippen LogP contribution in [-0.2, 0) is 13.0 Å². The lowest BCUT2D eigenvalue weighted by Crippen LogP contribution is -2.20. The number of nitrogens with one attached hydrogen (secondary N) is 1. The summed E-state index contributed by atoms with van der Waals surface area (Å²) < 4.78 is 19.1. The summed E-state index contributed by atoms with van der Waals surface area (Å²) in [5.74, 6) is 2.48. The number of imidazole rings is 1. The molecular formula is C33H37N5O4. The van der Waals surface area contributed by atoms with Crippen LogP contribution in [0.3, 0.4) is 0 Å². The second kappa shape index (κ2) is 12.2. The summed E-state index contributed by atoms with van der Waals surface area (Å²) in [7, 11) is 4.83. The first-order chi connectivity index (χ1) is 20.6. The summed E-state index contributed by atoms with van der Waals surface area (Å²) in [4.78, 5) is 28.4. The summed E-state index contributed by atoms with van der Waals surface area (Å²) in [6.07, 6.45) is 5.18. The number of aromatic amines is 1. The van der Waals surface area contributed by atoms with E-state index in [1.807, 2.05) is 54.6 Å². The molecule has 0 atom stereocenters. The van der Waals surface area contributed by atoms with Crippen molar-refractivity contribution < 1.29 is 14.2 Å². The molecule has 3 heterocycles. The number of aryl methyl sites for hydroxylation is 1. The molecule has 1 N–H and O–H groups in total. The van der Waals surface area contributed by atoms with Crippen LogP contribution < -0.4 is 19.8 Å². The third-order valence-electron chi connectivity index (χ3n) is 8.07. The number of methoxy groups -OCH3 is 3. The van der Waals surface area contributed by atoms with Gasteiger partial charge in [-0.3, -0.25) is 4.79 Å². The average molecular weight is 568 g/mol. The van der Waals surface area contributed by atoms with Crippen molar-refractivity contribution in [3.05, 3.63) is 76.2 Å². The van der Waals surface area contributed by atoms with Crippen molar-refractivity contribution in [1.82, 2.24) is 24.4 Å². The number of nitrogens with zero attached hydrogens (tertiary/aromatic N) is 4. The van der Waals surface area contributed by atoms with Crippen LogP contribution in [0.2, 0.25) is 0 Å². The fraction of sp³-hybridized carbons (Fsp3) is 0.364. The van der Waals surface area contributed by atoms with Gasteiger partial charge >= 0.3 is 0 Å². The molecule has 0 aliphatic carbocycles. The third-order valence-corrected chi connectivity index (χ3v) is 8.07. The Morgan fingerprint density at radius 3 is 2.24 bits per heavy atom. The van der Waals surface area contributed by atoms with Crippen LogP contribution in [0, 0.1) is 0 Å². The Morgan fingerprint density at radius 2 is 1.55 bits per heavy atom. The normalized spacial score (nSPS) is 13.7. The summed E-state index contributed by atoms with van der Waals surface area (Å²) in [5, 5.41) is 0. The van der Waals surface area contributed by atoms with Crippen LogP contribution in [0.1, 0.15) is 36.9 Å². The molecule has 0 amide bonds. The summed E-state index contributed by atoms with van der Waals surface area (Å²) in [6, 6.07) is 17.8. The molecule has 1 aliphatic heterocycles. The van der Waals surface area contributed by atoms with Gasteiger partial charge in [0, 0.05) is 18.5 Å². The van der Waals surface area contributed by atoms with E-state index in [4.69, 9.17) is 24.2 Å². The molecule has 0 spiro atoms. The van der Waals surface area contributed by atoms with E-state index in [9.17, 15) is 4.79 Å². The molecule has 2 aromatic heterocycles. The van der Waals surface area contributed by atoms with E-state index < -0.39 is 0 Å². The number of fused-ring (bicyclic) bond motifs is 2. The molecule has 1 saturated heterocycles. The fourth-order valence-corrected chi connectivity index (χ4v) is 5.92. The molecule has 0 unspecified atom stereocenters. The van der Waals surface area contributed by atoms with Crippen molar-refractivity contribution in [1.29, 1.82) is 0 Å². The SMILES string of the molecule is COc1cc(-c2nc3cc4[nH]c(=O)c(Cc5ccccc5)nc4cc3n2CCCCN2CCCC2)cc(OC)c1OC. The zero-order valence-electron chi connectivity index (χ0n) is 24.5. The Labute approximate surface area is 245 Å². The molecule has 1 fully saturated rings. The Bertz CT molecular complexity index is 1730. The molecule has 0 radical (unpaired) electrons. The van der Waals surface area contributed by atoms with Crippen LogP contribution in [0.4, 0.5) is 0 Å². The number of H-pyrrole nitrogens is 1. The van der Waals surface area contributed by atoms with Crippen LogP contribution in [0.15, 0.2) is 59.4 Å². The Balaban J connectivity index is 1.43. The van der Waals surface area contributed by atoms with Crippen LogP contribution in [0.5, 0.6) is 17.2 Å². The molecule has 6 rings (SSSR count). The van der Waals surface area contributed by atoms with Gasteiger partial charge in [-0.1, -0.05) is 30.3 Å². The van der Waals surface area contributed by atoms with E-state index in [1.54, 1.807) is 21.3 Å². The second-order valence-electron chi connectivity index (χ2n) is 10.8. The predicted octanol–water partition coefficient (Wildman–Crippen LogP) is 5.43. The molecule has 9 heteroatoms. The van der Waals surface area contributed by atoms with Gasteiger partial charge in [-0.05, 0) is 75.1 Å². The molecular weight excluding hydrogens is 530 g/mol. The number of hydrogen-bond acceptors (Lipinski definition) is 7. The van der Waals surface area contributed by atoms with Gasteiger partial charge in [0.05, 0.1) is 43.4 Å². The van der Waals surface area contributed by atoms with Gasteiger partial charge in [0.2, 0.25) is 5.75 Å². The van der Waals surface area contributed by atoms with Crippen molar-refractivity contribution in [3.63, 3.8) is 0 Å². The third kappa shape index (κ3) is 5.56. The van der Waals surface area contributed by atoms with E-state index in [0.717, 1.165) is 59.4 Å². The average Bonchev–Trinajstić information content (AvgIpc) is 3.66. The molecule has 3 aromatic carbocycles. The second-order valence-corrected chi connectivity index (χ2v) is 10.8. The van der Waals surface area contributed by atoms with Gasteiger partial charge in [0.25, 0.3) is 5.56 Å². The zero-order chi connectivity index (χ0) is 29.1. The highest BCUT2D eigenvalue weighted by Crippen LogP contribution is 2.41. The monoisotopic (exact) mass is 567 g/mol. The van der Waals surface area contributed by atoms with Crippen molar-refractivity contribution in [2.45, 2.75) is 38.6 Å². The van der Waals surface area contributed by atoms with E-state index in [1.165, 1.54) is 25.9 Å². The van der Waals surface area contributed by atoms with Gasteiger partial charge in [-0.25, -0.2) is 9.97 Å². The van der Waals surface area contributed by atoms with Gasteiger partial charge in [0.1, 0.15) is 11.5 Å². The Hall–Kier alpha value is -4.37. The van der Waals surface area contributed by atoms with E-state index >= 15 is 0 Å². The Kier molecular flexibility index (Phi) is 8.10. The Morgan fingerprint density at radius 1 is 0.833 bits per heavy atom. The quantitative estimate of drug-likeness (QED) is 0.213. The molecule has 1 aliphatic rings. The number of benzene rings is 3. The van der Waals surface area contributed by atoms with Crippen molar-refractivity contribution in [3.8, 4) is 28.6 Å². The molecule has 42 heavy (non-hydrogen) atoms. The van der Waals surface area contributed by atoms with Crippen molar-refractivity contribution in [2.75, 3.05) is 41.0 Å². The van der Waals surface area contributed by atoms with Crippen LogP contribution >= 0.6 is 0 Å². The topological polar surface area (TPSA) is 94.5 Å². The van der Waals surface area contributed by atoms with Crippen molar-refractivity contribution >= 4 is 22.1 Å². The smallest absolute Gasteiger partial charge is 0.270 e. The first kappa shape index (κ1) is 27.8. The highest BCUT2D eigenvalue weighted by atomic mass is 16.5. The maximum absolute atomic E-state index is 13.0. The molecule has 0 saturated carbocycles. The number of ether oxygens (including phenoxy) is 3. The summed E-state index contributed by atoms with van der Waals surface area (Å²) >= 11 is 0. The molecule has 218 valence electrons. The standard InChI is InChI=1S/C33H37N5O4/c1-40-29-18-23(19-30(41-2)31(29)42-3)32-35-26-20-24-25(34-27(33(39)36-24)17-22-11-5-4-6-12-22)21-28(26)38(32)16-10-9-15-37-13-7-8-14-37/h4-6,11-12,18-21H,7-10,13-17H2,1-3H3,(H,36,39). The van der Waals surface area contributed by atoms with Gasteiger partial charge in [-0.2, -0.15) is 0 Å². The minimum atomic E-state index is -0.183. The van der Waals surface area contributed by atoms with Crippen molar-refractivity contribution in [2.24, 2.45) is 0 Å². The number of hydrogen-bond donors (Lipinski definition) is 1. The van der Waals surface area contributed by atoms with E-state index in [-0.39, 0.29) is 5.56 Å². The molecule has 0 bridgehead atoms. The molecule has 9 nitrogen and oxygen atoms in total. The minimum Gasteiger partial charge on any atom is -0.493 e. The lowest BCUT2D eigenvalue weighted by atomic mass is 10.1. The fourth-order valence-electron chi connectivity index (χ4n) is 5.92. The number of unbranched alkanes of at least 4 members (excludes halogenated alkanes) is 1. The molecule has 5 aromatic rings. The largest absolute Gasteiger partial charge is 0.493 e. The van der Waals surface area contributed by atoms with Crippen LogP contribution in [0.25, 0.3) is 33.5 Å². The highest BCUT2D eigenvalue weighted by molar-refractivity contribution is 5.93. The summed E-state index contributed by atoms with van der Waals surface area (Å²) in [6.45, 7) is 4.31. The maximum Gasteiger partial charge on any atom is 0.270 e. The van der Waals surface area contributed by atoms with Gasteiger partial charge in [-0.15, -0.1) is 0 Å². The maximum atomic E-state index is 13.0. The van der Waals surface area contributed by atoms with Gasteiger partial charge < -0.3 is 28.7 Å². The first-order valence-corrected chi connectivity index (χ1v) is 14.6. The minimum absolute atomic E-state index is 0.183. The number of rotatable bonds is 11.